The van der Waals surface area contributed by atoms with E-state index in [2.05, 4.69) is 21.1 Å². The summed E-state index contributed by atoms with van der Waals surface area (Å²) >= 11 is 15.0. The lowest BCUT2D eigenvalue weighted by atomic mass is 10.2. The lowest BCUT2D eigenvalue weighted by Gasteiger charge is -1.97. The summed E-state index contributed by atoms with van der Waals surface area (Å²) in [7, 11) is 0. The molecule has 2 rings (SSSR count). The molecule has 1 aromatic carbocycles. The van der Waals surface area contributed by atoms with Crippen molar-refractivity contribution in [1.29, 1.82) is 0 Å². The molecule has 0 saturated carbocycles. The van der Waals surface area contributed by atoms with Crippen molar-refractivity contribution < 1.29 is 4.52 Å². The third kappa shape index (κ3) is 2.36. The summed E-state index contributed by atoms with van der Waals surface area (Å²) in [4.78, 5) is 0. The number of benzene rings is 1. The Morgan fingerprint density at radius 1 is 1.20 bits per heavy atom. The highest BCUT2D eigenvalue weighted by molar-refractivity contribution is 9.08. The highest BCUT2D eigenvalue weighted by Crippen LogP contribution is 2.29. The summed E-state index contributed by atoms with van der Waals surface area (Å²) in [6.07, 6.45) is 0. The molecule has 0 aliphatic carbocycles. The number of rotatable bonds is 2. The lowest BCUT2D eigenvalue weighted by Crippen LogP contribution is -1.75. The molecule has 0 aliphatic rings. The van der Waals surface area contributed by atoms with Crippen molar-refractivity contribution in [1.82, 2.24) is 5.16 Å². The van der Waals surface area contributed by atoms with Crippen LogP contribution in [0.15, 0.2) is 28.8 Å². The van der Waals surface area contributed by atoms with E-state index >= 15 is 0 Å². The fourth-order valence-electron chi connectivity index (χ4n) is 1.16. The van der Waals surface area contributed by atoms with Gasteiger partial charge in [0.1, 0.15) is 0 Å². The Kier molecular flexibility index (Phi) is 3.34. The largest absolute Gasteiger partial charge is 0.356 e. The molecule has 1 aromatic heterocycles. The number of alkyl halides is 1. The zero-order valence-electron chi connectivity index (χ0n) is 7.51. The van der Waals surface area contributed by atoms with Gasteiger partial charge in [0.2, 0.25) is 0 Å². The fraction of sp³-hybridized carbons (Fsp3) is 0.100. The monoisotopic (exact) mass is 305 g/mol. The second-order valence-corrected chi connectivity index (χ2v) is 4.32. The molecule has 0 spiro atoms. The van der Waals surface area contributed by atoms with Crippen molar-refractivity contribution in [3.8, 4) is 11.3 Å². The van der Waals surface area contributed by atoms with Crippen LogP contribution in [0.4, 0.5) is 0 Å². The van der Waals surface area contributed by atoms with Crippen LogP contribution in [0.25, 0.3) is 11.3 Å². The third-order valence-electron chi connectivity index (χ3n) is 1.90. The van der Waals surface area contributed by atoms with Crippen LogP contribution in [0.1, 0.15) is 5.69 Å². The maximum absolute atomic E-state index is 5.90. The zero-order valence-corrected chi connectivity index (χ0v) is 10.6. The van der Waals surface area contributed by atoms with Gasteiger partial charge in [0, 0.05) is 17.0 Å². The first-order valence-electron chi connectivity index (χ1n) is 4.17. The predicted octanol–water partition coefficient (Wildman–Crippen LogP) is 4.54. The number of halogens is 3. The van der Waals surface area contributed by atoms with Crippen molar-refractivity contribution >= 4 is 39.1 Å². The molecule has 0 amide bonds. The first-order chi connectivity index (χ1) is 7.20. The Morgan fingerprint density at radius 3 is 2.60 bits per heavy atom. The topological polar surface area (TPSA) is 26.0 Å². The fourth-order valence-corrected chi connectivity index (χ4v) is 1.72. The van der Waals surface area contributed by atoms with Gasteiger partial charge in [-0.25, -0.2) is 0 Å². The standard InChI is InChI=1S/C10H6BrCl2NO/c11-5-7-4-10(15-14-7)6-1-2-8(12)9(13)3-6/h1-4H,5H2. The van der Waals surface area contributed by atoms with Crippen molar-refractivity contribution in [2.75, 3.05) is 0 Å². The Balaban J connectivity index is 2.40. The van der Waals surface area contributed by atoms with Crippen LogP contribution in [0, 0.1) is 0 Å². The average Bonchev–Trinajstić information content (AvgIpc) is 2.70. The summed E-state index contributed by atoms with van der Waals surface area (Å²) in [6, 6.07) is 7.18. The smallest absolute Gasteiger partial charge is 0.167 e. The summed E-state index contributed by atoms with van der Waals surface area (Å²) in [5.74, 6) is 0.683. The average molecular weight is 307 g/mol. The number of hydrogen-bond acceptors (Lipinski definition) is 2. The van der Waals surface area contributed by atoms with E-state index in [1.165, 1.54) is 0 Å². The van der Waals surface area contributed by atoms with E-state index in [0.717, 1.165) is 11.3 Å². The van der Waals surface area contributed by atoms with Crippen LogP contribution in [0.5, 0.6) is 0 Å². The highest BCUT2D eigenvalue weighted by atomic mass is 79.9. The van der Waals surface area contributed by atoms with Gasteiger partial charge in [-0.05, 0) is 18.2 Å². The van der Waals surface area contributed by atoms with Gasteiger partial charge in [-0.2, -0.15) is 0 Å². The molecule has 0 aliphatic heterocycles. The van der Waals surface area contributed by atoms with E-state index in [1.54, 1.807) is 12.1 Å². The molecule has 0 unspecified atom stereocenters. The Bertz CT molecular complexity index is 484. The van der Waals surface area contributed by atoms with E-state index in [9.17, 15) is 0 Å². The maximum Gasteiger partial charge on any atom is 0.167 e. The zero-order chi connectivity index (χ0) is 10.8. The van der Waals surface area contributed by atoms with Gasteiger partial charge in [0.15, 0.2) is 5.76 Å². The second kappa shape index (κ2) is 4.56. The van der Waals surface area contributed by atoms with E-state index in [0.29, 0.717) is 21.1 Å². The molecular weight excluding hydrogens is 301 g/mol. The quantitative estimate of drug-likeness (QED) is 0.761. The summed E-state index contributed by atoms with van der Waals surface area (Å²) in [5.41, 5.74) is 1.71. The lowest BCUT2D eigenvalue weighted by molar-refractivity contribution is 0.426. The van der Waals surface area contributed by atoms with Gasteiger partial charge in [-0.15, -0.1) is 0 Å². The van der Waals surface area contributed by atoms with Gasteiger partial charge in [-0.1, -0.05) is 44.3 Å². The summed E-state index contributed by atoms with van der Waals surface area (Å²) in [5, 5.41) is 5.56. The van der Waals surface area contributed by atoms with Crippen LogP contribution < -0.4 is 0 Å². The normalized spacial score (nSPS) is 10.6. The number of nitrogens with zero attached hydrogens (tertiary/aromatic N) is 1. The molecule has 2 nitrogen and oxygen atoms in total. The van der Waals surface area contributed by atoms with Gasteiger partial charge >= 0.3 is 0 Å². The minimum Gasteiger partial charge on any atom is -0.356 e. The predicted molar refractivity (Wildman–Crippen MR) is 64.6 cm³/mol. The Hall–Kier alpha value is -0.510. The molecule has 15 heavy (non-hydrogen) atoms. The van der Waals surface area contributed by atoms with E-state index in [-0.39, 0.29) is 0 Å². The molecule has 0 fully saturated rings. The van der Waals surface area contributed by atoms with Crippen LogP contribution >= 0.6 is 39.1 Å². The van der Waals surface area contributed by atoms with Crippen molar-refractivity contribution in [3.05, 3.63) is 40.0 Å². The maximum atomic E-state index is 5.90. The molecule has 78 valence electrons. The van der Waals surface area contributed by atoms with Crippen molar-refractivity contribution in [2.24, 2.45) is 0 Å². The van der Waals surface area contributed by atoms with Crippen LogP contribution in [0.3, 0.4) is 0 Å². The number of hydrogen-bond donors (Lipinski definition) is 0. The molecule has 2 aromatic rings. The van der Waals surface area contributed by atoms with Crippen LogP contribution in [-0.2, 0) is 5.33 Å². The molecule has 5 heteroatoms. The first-order valence-corrected chi connectivity index (χ1v) is 6.05. The van der Waals surface area contributed by atoms with Crippen molar-refractivity contribution in [2.45, 2.75) is 5.33 Å². The Labute approximate surface area is 105 Å². The van der Waals surface area contributed by atoms with E-state index in [1.807, 2.05) is 12.1 Å². The van der Waals surface area contributed by atoms with Gasteiger partial charge < -0.3 is 4.52 Å². The van der Waals surface area contributed by atoms with E-state index < -0.39 is 0 Å². The first kappa shape index (κ1) is 11.0. The third-order valence-corrected chi connectivity index (χ3v) is 3.21. The second-order valence-electron chi connectivity index (χ2n) is 2.95. The van der Waals surface area contributed by atoms with Gasteiger partial charge in [0.25, 0.3) is 0 Å². The number of aromatic nitrogens is 1. The summed E-state index contributed by atoms with van der Waals surface area (Å²) < 4.78 is 5.15. The molecule has 0 bridgehead atoms. The SMILES string of the molecule is Clc1ccc(-c2cc(CBr)no2)cc1Cl. The van der Waals surface area contributed by atoms with Gasteiger partial charge in [-0.3, -0.25) is 0 Å². The van der Waals surface area contributed by atoms with Crippen LogP contribution in [-0.4, -0.2) is 5.16 Å². The minimum atomic E-state index is 0.506. The molecule has 0 atom stereocenters. The molecule has 1 heterocycles. The summed E-state index contributed by atoms with van der Waals surface area (Å²) in [6.45, 7) is 0. The highest BCUT2D eigenvalue weighted by Gasteiger charge is 2.07. The minimum absolute atomic E-state index is 0.506. The molecular formula is C10H6BrCl2NO. The molecule has 0 radical (unpaired) electrons. The van der Waals surface area contributed by atoms with Gasteiger partial charge in [0.05, 0.1) is 15.7 Å². The van der Waals surface area contributed by atoms with Crippen molar-refractivity contribution in [3.63, 3.8) is 0 Å². The van der Waals surface area contributed by atoms with Crippen LogP contribution in [0.2, 0.25) is 10.0 Å². The molecule has 0 saturated heterocycles. The Morgan fingerprint density at radius 2 is 2.00 bits per heavy atom. The van der Waals surface area contributed by atoms with E-state index in [4.69, 9.17) is 27.7 Å². The molecule has 0 N–H and O–H groups in total.